The van der Waals surface area contributed by atoms with Gasteiger partial charge < -0.3 is 20.6 Å². The number of nitrogen functional groups attached to an aromatic ring is 1. The third kappa shape index (κ3) is 3.65. The highest BCUT2D eigenvalue weighted by Crippen LogP contribution is 2.24. The van der Waals surface area contributed by atoms with Crippen LogP contribution in [0, 0.1) is 0 Å². The van der Waals surface area contributed by atoms with Crippen LogP contribution < -0.4 is 10.6 Å². The van der Waals surface area contributed by atoms with Crippen molar-refractivity contribution in [3.63, 3.8) is 0 Å². The van der Waals surface area contributed by atoms with E-state index < -0.39 is 12.0 Å². The molecule has 0 saturated heterocycles. The quantitative estimate of drug-likeness (QED) is 0.779. The van der Waals surface area contributed by atoms with Crippen molar-refractivity contribution in [2.24, 2.45) is 0 Å². The lowest BCUT2D eigenvalue weighted by molar-refractivity contribution is -0.131. The first-order chi connectivity index (χ1) is 9.83. The molecule has 116 valence electrons. The molecule has 0 radical (unpaired) electrons. The van der Waals surface area contributed by atoms with Crippen molar-refractivity contribution in [1.29, 1.82) is 0 Å². The molecule has 0 aliphatic heterocycles. The van der Waals surface area contributed by atoms with E-state index in [1.807, 2.05) is 13.8 Å². The second-order valence-electron chi connectivity index (χ2n) is 4.88. The summed E-state index contributed by atoms with van der Waals surface area (Å²) in [5, 5.41) is 9.28. The van der Waals surface area contributed by atoms with E-state index in [1.54, 1.807) is 35.9 Å². The number of nitrogens with two attached hydrogens (primary N) is 1. The van der Waals surface area contributed by atoms with Crippen LogP contribution in [0.5, 0.6) is 0 Å². The first-order valence-electron chi connectivity index (χ1n) is 6.97. The van der Waals surface area contributed by atoms with Gasteiger partial charge in [0.1, 0.15) is 6.04 Å². The number of carboxylic acids is 1. The van der Waals surface area contributed by atoms with E-state index in [9.17, 15) is 14.7 Å². The SMILES string of the molecule is CCN(CC)C(=O)C(C)N(C)c1ccc(N)cc1C(=O)O. The molecule has 0 aromatic heterocycles. The first-order valence-corrected chi connectivity index (χ1v) is 6.97. The highest BCUT2D eigenvalue weighted by atomic mass is 16.4. The molecule has 0 aliphatic carbocycles. The Kier molecular flexibility index (Phi) is 5.58. The molecule has 21 heavy (non-hydrogen) atoms. The molecule has 0 saturated carbocycles. The summed E-state index contributed by atoms with van der Waals surface area (Å²) in [5.41, 5.74) is 6.59. The first kappa shape index (κ1) is 16.8. The number of likely N-dealkylation sites (N-methyl/N-ethyl adjacent to an activating group) is 2. The van der Waals surface area contributed by atoms with Crippen LogP contribution in [0.25, 0.3) is 0 Å². The van der Waals surface area contributed by atoms with Crippen molar-refractivity contribution in [3.05, 3.63) is 23.8 Å². The molecule has 6 nitrogen and oxygen atoms in total. The highest BCUT2D eigenvalue weighted by molar-refractivity contribution is 5.97. The maximum absolute atomic E-state index is 12.4. The van der Waals surface area contributed by atoms with Gasteiger partial charge in [0.05, 0.1) is 11.3 Å². The molecule has 0 aliphatic rings. The zero-order valence-corrected chi connectivity index (χ0v) is 13.0. The van der Waals surface area contributed by atoms with E-state index in [0.29, 0.717) is 24.5 Å². The van der Waals surface area contributed by atoms with Crippen molar-refractivity contribution in [3.8, 4) is 0 Å². The second kappa shape index (κ2) is 6.97. The number of hydrogen-bond donors (Lipinski definition) is 2. The van der Waals surface area contributed by atoms with Gasteiger partial charge >= 0.3 is 5.97 Å². The molecule has 0 fully saturated rings. The Morgan fingerprint density at radius 1 is 1.29 bits per heavy atom. The number of nitrogens with zero attached hydrogens (tertiary/aromatic N) is 2. The molecule has 0 bridgehead atoms. The van der Waals surface area contributed by atoms with E-state index in [2.05, 4.69) is 0 Å². The average molecular weight is 293 g/mol. The number of amides is 1. The second-order valence-corrected chi connectivity index (χ2v) is 4.88. The minimum atomic E-state index is -1.06. The molecule has 1 amide bonds. The summed E-state index contributed by atoms with van der Waals surface area (Å²) in [6.45, 7) is 6.85. The Balaban J connectivity index is 3.10. The van der Waals surface area contributed by atoms with E-state index in [0.717, 1.165) is 0 Å². The number of anilines is 2. The van der Waals surface area contributed by atoms with Crippen LogP contribution in [-0.4, -0.2) is 48.1 Å². The normalized spacial score (nSPS) is 11.8. The fraction of sp³-hybridized carbons (Fsp3) is 0.467. The molecule has 0 spiro atoms. The van der Waals surface area contributed by atoms with Crippen LogP contribution >= 0.6 is 0 Å². The van der Waals surface area contributed by atoms with Gasteiger partial charge in [-0.1, -0.05) is 0 Å². The lowest BCUT2D eigenvalue weighted by Crippen LogP contribution is -2.46. The van der Waals surface area contributed by atoms with Crippen LogP contribution in [0.2, 0.25) is 0 Å². The summed E-state index contributed by atoms with van der Waals surface area (Å²) in [5.74, 6) is -1.10. The number of hydrogen-bond acceptors (Lipinski definition) is 4. The maximum atomic E-state index is 12.4. The molecule has 1 unspecified atom stereocenters. The molecule has 1 aromatic carbocycles. The van der Waals surface area contributed by atoms with Gasteiger partial charge in [-0.25, -0.2) is 4.79 Å². The van der Waals surface area contributed by atoms with Gasteiger partial charge in [0, 0.05) is 25.8 Å². The van der Waals surface area contributed by atoms with Crippen LogP contribution in [-0.2, 0) is 4.79 Å². The number of carbonyl (C=O) groups excluding carboxylic acids is 1. The standard InChI is InChI=1S/C15H23N3O3/c1-5-18(6-2)14(19)10(3)17(4)13-8-7-11(16)9-12(13)15(20)21/h7-10H,5-6,16H2,1-4H3,(H,20,21). The van der Waals surface area contributed by atoms with Gasteiger partial charge in [-0.15, -0.1) is 0 Å². The lowest BCUT2D eigenvalue weighted by Gasteiger charge is -2.31. The van der Waals surface area contributed by atoms with Crippen LogP contribution in [0.15, 0.2) is 18.2 Å². The summed E-state index contributed by atoms with van der Waals surface area (Å²) >= 11 is 0. The van der Waals surface area contributed by atoms with E-state index in [4.69, 9.17) is 5.73 Å². The Bertz CT molecular complexity index is 527. The van der Waals surface area contributed by atoms with Gasteiger partial charge in [0.2, 0.25) is 5.91 Å². The third-order valence-corrected chi connectivity index (χ3v) is 3.64. The predicted molar refractivity (Wildman–Crippen MR) is 83.6 cm³/mol. The number of rotatable bonds is 6. The smallest absolute Gasteiger partial charge is 0.337 e. The van der Waals surface area contributed by atoms with Gasteiger partial charge in [0.25, 0.3) is 0 Å². The number of carboxylic acid groups (broad SMARTS) is 1. The zero-order chi connectivity index (χ0) is 16.2. The molecule has 6 heteroatoms. The largest absolute Gasteiger partial charge is 0.478 e. The van der Waals surface area contributed by atoms with Gasteiger partial charge in [0.15, 0.2) is 0 Å². The summed E-state index contributed by atoms with van der Waals surface area (Å²) in [7, 11) is 1.71. The van der Waals surface area contributed by atoms with Crippen molar-refractivity contribution < 1.29 is 14.7 Å². The van der Waals surface area contributed by atoms with Crippen molar-refractivity contribution in [1.82, 2.24) is 4.90 Å². The molecular formula is C15H23N3O3. The number of benzene rings is 1. The fourth-order valence-electron chi connectivity index (χ4n) is 2.21. The Morgan fingerprint density at radius 3 is 2.33 bits per heavy atom. The van der Waals surface area contributed by atoms with Crippen LogP contribution in [0.4, 0.5) is 11.4 Å². The summed E-state index contributed by atoms with van der Waals surface area (Å²) in [6, 6.07) is 4.21. The summed E-state index contributed by atoms with van der Waals surface area (Å²) in [6.07, 6.45) is 0. The topological polar surface area (TPSA) is 86.9 Å². The van der Waals surface area contributed by atoms with Crippen molar-refractivity contribution in [2.75, 3.05) is 30.8 Å². The summed E-state index contributed by atoms with van der Waals surface area (Å²) in [4.78, 5) is 27.1. The van der Waals surface area contributed by atoms with Gasteiger partial charge in [-0.3, -0.25) is 4.79 Å². The molecule has 1 rings (SSSR count). The van der Waals surface area contributed by atoms with E-state index >= 15 is 0 Å². The molecular weight excluding hydrogens is 270 g/mol. The molecule has 1 aromatic rings. The minimum Gasteiger partial charge on any atom is -0.478 e. The Hall–Kier alpha value is -2.24. The summed E-state index contributed by atoms with van der Waals surface area (Å²) < 4.78 is 0. The van der Waals surface area contributed by atoms with Gasteiger partial charge in [-0.2, -0.15) is 0 Å². The van der Waals surface area contributed by atoms with Crippen molar-refractivity contribution >= 4 is 23.3 Å². The van der Waals surface area contributed by atoms with E-state index in [-0.39, 0.29) is 11.5 Å². The third-order valence-electron chi connectivity index (χ3n) is 3.64. The molecule has 1 atom stereocenters. The number of aromatic carboxylic acids is 1. The number of carbonyl (C=O) groups is 2. The zero-order valence-electron chi connectivity index (χ0n) is 13.0. The van der Waals surface area contributed by atoms with E-state index in [1.165, 1.54) is 6.07 Å². The molecule has 3 N–H and O–H groups in total. The fourth-order valence-corrected chi connectivity index (χ4v) is 2.21. The Morgan fingerprint density at radius 2 is 1.86 bits per heavy atom. The predicted octanol–water partition coefficient (Wildman–Crippen LogP) is 1.66. The van der Waals surface area contributed by atoms with Gasteiger partial charge in [-0.05, 0) is 39.0 Å². The molecule has 0 heterocycles. The minimum absolute atomic E-state index is 0.0318. The monoisotopic (exact) mass is 293 g/mol. The Labute approximate surface area is 125 Å². The van der Waals surface area contributed by atoms with Crippen LogP contribution in [0.3, 0.4) is 0 Å². The maximum Gasteiger partial charge on any atom is 0.337 e. The van der Waals surface area contributed by atoms with Crippen LogP contribution in [0.1, 0.15) is 31.1 Å². The lowest BCUT2D eigenvalue weighted by atomic mass is 10.1. The average Bonchev–Trinajstić information content (AvgIpc) is 2.46. The highest BCUT2D eigenvalue weighted by Gasteiger charge is 2.25. The van der Waals surface area contributed by atoms with Crippen molar-refractivity contribution in [2.45, 2.75) is 26.8 Å².